The molecule has 0 spiro atoms. The number of thiazole rings is 1. The number of amidine groups is 1. The van der Waals surface area contributed by atoms with Crippen LogP contribution in [0.25, 0.3) is 0 Å². The third kappa shape index (κ3) is 2.72. The van der Waals surface area contributed by atoms with Crippen molar-refractivity contribution in [1.82, 2.24) is 10.3 Å². The van der Waals surface area contributed by atoms with E-state index in [4.69, 9.17) is 0 Å². The van der Waals surface area contributed by atoms with Gasteiger partial charge in [0.05, 0.1) is 5.01 Å². The van der Waals surface area contributed by atoms with Gasteiger partial charge in [-0.1, -0.05) is 11.8 Å². The summed E-state index contributed by atoms with van der Waals surface area (Å²) in [5.74, 6) is 1.14. The van der Waals surface area contributed by atoms with Crippen molar-refractivity contribution in [2.24, 2.45) is 4.99 Å². The highest BCUT2D eigenvalue weighted by Crippen LogP contribution is 2.13. The van der Waals surface area contributed by atoms with E-state index in [-0.39, 0.29) is 0 Å². The van der Waals surface area contributed by atoms with Crippen molar-refractivity contribution in [3.8, 4) is 0 Å². The van der Waals surface area contributed by atoms with E-state index < -0.39 is 0 Å². The summed E-state index contributed by atoms with van der Waals surface area (Å²) in [6.07, 6.45) is 2.80. The zero-order chi connectivity index (χ0) is 9.80. The van der Waals surface area contributed by atoms with Gasteiger partial charge < -0.3 is 5.32 Å². The lowest BCUT2D eigenvalue weighted by molar-refractivity contribution is 0.763. The first-order valence-corrected chi connectivity index (χ1v) is 6.53. The van der Waals surface area contributed by atoms with Crippen LogP contribution in [0, 0.1) is 0 Å². The van der Waals surface area contributed by atoms with Crippen molar-refractivity contribution in [2.45, 2.75) is 19.4 Å². The lowest BCUT2D eigenvalue weighted by Crippen LogP contribution is -2.23. The minimum Gasteiger partial charge on any atom is -0.362 e. The summed E-state index contributed by atoms with van der Waals surface area (Å²) in [4.78, 5) is 8.70. The summed E-state index contributed by atoms with van der Waals surface area (Å²) in [6, 6.07) is 0.568. The predicted octanol–water partition coefficient (Wildman–Crippen LogP) is 1.77. The number of thioether (sulfide) groups is 1. The van der Waals surface area contributed by atoms with Crippen molar-refractivity contribution in [3.05, 3.63) is 16.6 Å². The molecular formula is C9H13N3S2. The molecule has 1 fully saturated rings. The Morgan fingerprint density at radius 3 is 3.29 bits per heavy atom. The number of aromatic nitrogens is 1. The molecule has 0 aliphatic carbocycles. The number of nitrogens with zero attached hydrogens (tertiary/aromatic N) is 2. The smallest absolute Gasteiger partial charge is 0.156 e. The molecule has 0 amide bonds. The number of hydrogen-bond donors (Lipinski definition) is 1. The Bertz CT molecular complexity index is 308. The normalized spacial score (nSPS) is 24.1. The molecule has 0 bridgehead atoms. The zero-order valence-electron chi connectivity index (χ0n) is 8.06. The van der Waals surface area contributed by atoms with Crippen molar-refractivity contribution < 1.29 is 0 Å². The van der Waals surface area contributed by atoms with Crippen molar-refractivity contribution in [2.75, 3.05) is 12.3 Å². The van der Waals surface area contributed by atoms with Crippen LogP contribution in [-0.4, -0.2) is 28.5 Å². The molecule has 1 aromatic rings. The maximum absolute atomic E-state index is 4.48. The standard InChI is InChI=1S/C9H13N3S2/c1-7-6-14-9(12-7)11-3-2-8-10-4-5-13-8/h4-5,7H,2-3,6H2,1H3,(H,11,12). The van der Waals surface area contributed by atoms with Crippen LogP contribution in [0.3, 0.4) is 0 Å². The van der Waals surface area contributed by atoms with E-state index in [0.717, 1.165) is 23.9 Å². The van der Waals surface area contributed by atoms with Crippen LogP contribution in [0.15, 0.2) is 16.6 Å². The molecule has 0 radical (unpaired) electrons. The minimum absolute atomic E-state index is 0.568. The van der Waals surface area contributed by atoms with Gasteiger partial charge in [0, 0.05) is 36.3 Å². The Morgan fingerprint density at radius 1 is 1.71 bits per heavy atom. The predicted molar refractivity (Wildman–Crippen MR) is 63.2 cm³/mol. The fourth-order valence-corrected chi connectivity index (χ4v) is 2.79. The van der Waals surface area contributed by atoms with Crippen LogP contribution in [0.5, 0.6) is 0 Å². The van der Waals surface area contributed by atoms with Gasteiger partial charge in [-0.25, -0.2) is 4.98 Å². The Morgan fingerprint density at radius 2 is 2.64 bits per heavy atom. The molecule has 3 nitrogen and oxygen atoms in total. The highest BCUT2D eigenvalue weighted by Gasteiger charge is 2.14. The lowest BCUT2D eigenvalue weighted by Gasteiger charge is -2.00. The molecule has 14 heavy (non-hydrogen) atoms. The van der Waals surface area contributed by atoms with Gasteiger partial charge in [0.15, 0.2) is 5.17 Å². The molecule has 0 saturated carbocycles. The first-order valence-electron chi connectivity index (χ1n) is 4.67. The monoisotopic (exact) mass is 227 g/mol. The molecule has 1 unspecified atom stereocenters. The van der Waals surface area contributed by atoms with Gasteiger partial charge in [-0.05, 0) is 6.92 Å². The molecule has 2 heterocycles. The molecule has 1 saturated heterocycles. The largest absolute Gasteiger partial charge is 0.362 e. The summed E-state index contributed by atoms with van der Waals surface area (Å²) >= 11 is 3.51. The molecule has 1 aromatic heterocycles. The van der Waals surface area contributed by atoms with Gasteiger partial charge >= 0.3 is 0 Å². The lowest BCUT2D eigenvalue weighted by atomic mass is 10.4. The molecule has 1 aliphatic rings. The van der Waals surface area contributed by atoms with E-state index in [9.17, 15) is 0 Å². The summed E-state index contributed by atoms with van der Waals surface area (Å²) in [6.45, 7) is 3.02. The summed E-state index contributed by atoms with van der Waals surface area (Å²) < 4.78 is 0. The fourth-order valence-electron chi connectivity index (χ4n) is 1.22. The highest BCUT2D eigenvalue weighted by molar-refractivity contribution is 8.14. The topological polar surface area (TPSA) is 37.3 Å². The molecule has 1 aliphatic heterocycles. The van der Waals surface area contributed by atoms with E-state index >= 15 is 0 Å². The van der Waals surface area contributed by atoms with Gasteiger partial charge in [-0.15, -0.1) is 11.3 Å². The molecule has 2 rings (SSSR count). The van der Waals surface area contributed by atoms with Crippen LogP contribution >= 0.6 is 23.1 Å². The zero-order valence-corrected chi connectivity index (χ0v) is 9.70. The van der Waals surface area contributed by atoms with E-state index in [0.29, 0.717) is 6.04 Å². The maximum atomic E-state index is 4.48. The Labute approximate surface area is 92.0 Å². The van der Waals surface area contributed by atoms with Crippen molar-refractivity contribution >= 4 is 28.3 Å². The maximum Gasteiger partial charge on any atom is 0.156 e. The molecule has 76 valence electrons. The van der Waals surface area contributed by atoms with Gasteiger partial charge in [-0.3, -0.25) is 4.99 Å². The van der Waals surface area contributed by atoms with Crippen LogP contribution in [0.4, 0.5) is 0 Å². The summed E-state index contributed by atoms with van der Waals surface area (Å²) in [5, 5.41) is 7.60. The average Bonchev–Trinajstić information content (AvgIpc) is 2.77. The van der Waals surface area contributed by atoms with Crippen LogP contribution in [0.1, 0.15) is 11.9 Å². The number of aliphatic imine (C=N–C) groups is 1. The van der Waals surface area contributed by atoms with Crippen molar-refractivity contribution in [1.29, 1.82) is 0 Å². The van der Waals surface area contributed by atoms with Gasteiger partial charge in [0.1, 0.15) is 0 Å². The van der Waals surface area contributed by atoms with Crippen LogP contribution in [0.2, 0.25) is 0 Å². The van der Waals surface area contributed by atoms with Gasteiger partial charge in [0.25, 0.3) is 0 Å². The highest BCUT2D eigenvalue weighted by atomic mass is 32.2. The molecule has 5 heteroatoms. The second kappa shape index (κ2) is 4.79. The first kappa shape index (κ1) is 9.98. The average molecular weight is 227 g/mol. The SMILES string of the molecule is CC1CSC(=NCCc2nccs2)N1. The summed E-state index contributed by atoms with van der Waals surface area (Å²) in [5.41, 5.74) is 0. The van der Waals surface area contributed by atoms with E-state index in [1.165, 1.54) is 5.01 Å². The molecule has 0 aromatic carbocycles. The Balaban J connectivity index is 1.77. The minimum atomic E-state index is 0.568. The third-order valence-corrected chi connectivity index (χ3v) is 3.93. The van der Waals surface area contributed by atoms with E-state index in [2.05, 4.69) is 22.2 Å². The number of nitrogens with one attached hydrogen (secondary N) is 1. The van der Waals surface area contributed by atoms with Crippen molar-refractivity contribution in [3.63, 3.8) is 0 Å². The first-order chi connectivity index (χ1) is 6.84. The van der Waals surface area contributed by atoms with Gasteiger partial charge in [0.2, 0.25) is 0 Å². The Kier molecular flexibility index (Phi) is 3.42. The van der Waals surface area contributed by atoms with E-state index in [1.807, 2.05) is 23.3 Å². The molecular weight excluding hydrogens is 214 g/mol. The quantitative estimate of drug-likeness (QED) is 0.855. The van der Waals surface area contributed by atoms with Crippen LogP contribution < -0.4 is 5.32 Å². The number of rotatable bonds is 3. The van der Waals surface area contributed by atoms with E-state index in [1.54, 1.807) is 11.3 Å². The molecule has 1 N–H and O–H groups in total. The second-order valence-corrected chi connectivity index (χ2v) is 5.21. The summed E-state index contributed by atoms with van der Waals surface area (Å²) in [7, 11) is 0. The molecule has 1 atom stereocenters. The Hall–Kier alpha value is -0.550. The van der Waals surface area contributed by atoms with Gasteiger partial charge in [-0.2, -0.15) is 0 Å². The van der Waals surface area contributed by atoms with Crippen LogP contribution in [-0.2, 0) is 6.42 Å². The second-order valence-electron chi connectivity index (χ2n) is 3.22. The number of hydrogen-bond acceptors (Lipinski definition) is 4. The fraction of sp³-hybridized carbons (Fsp3) is 0.556. The third-order valence-electron chi connectivity index (χ3n) is 1.90.